The second-order valence-corrected chi connectivity index (χ2v) is 9.04. The Morgan fingerprint density at radius 1 is 0.897 bits per heavy atom. The van der Waals surface area contributed by atoms with Gasteiger partial charge >= 0.3 is 0 Å². The van der Waals surface area contributed by atoms with Gasteiger partial charge in [-0.25, -0.2) is 8.42 Å². The highest BCUT2D eigenvalue weighted by Gasteiger charge is 2.28. The topological polar surface area (TPSA) is 63.7 Å². The summed E-state index contributed by atoms with van der Waals surface area (Å²) in [7, 11) is -3.66. The standard InChI is InChI=1S/C23H21NO4S/c25-23(24-15-14-18-8-4-6-12-21(18)24)17-29(26,27)16-19-9-5-7-13-22(19)28-20-10-2-1-3-11-20/h1-13H,14-17H2. The lowest BCUT2D eigenvalue weighted by Crippen LogP contribution is -2.34. The normalized spacial score (nSPS) is 13.2. The number of carbonyl (C=O) groups excluding carboxylic acids is 1. The number of para-hydroxylation sites is 3. The maximum absolute atomic E-state index is 12.8. The summed E-state index contributed by atoms with van der Waals surface area (Å²) in [6, 6.07) is 23.8. The lowest BCUT2D eigenvalue weighted by Gasteiger charge is -2.17. The van der Waals surface area contributed by atoms with Crippen molar-refractivity contribution in [1.29, 1.82) is 0 Å². The van der Waals surface area contributed by atoms with Gasteiger partial charge in [-0.3, -0.25) is 4.79 Å². The third-order valence-corrected chi connectivity index (χ3v) is 6.29. The van der Waals surface area contributed by atoms with Gasteiger partial charge in [0.1, 0.15) is 17.3 Å². The predicted molar refractivity (Wildman–Crippen MR) is 113 cm³/mol. The van der Waals surface area contributed by atoms with Crippen LogP contribution in [0.1, 0.15) is 11.1 Å². The molecule has 0 N–H and O–H groups in total. The van der Waals surface area contributed by atoms with E-state index in [1.165, 1.54) is 0 Å². The molecule has 29 heavy (non-hydrogen) atoms. The first-order valence-corrected chi connectivity index (χ1v) is 11.2. The van der Waals surface area contributed by atoms with Crippen LogP contribution in [0.4, 0.5) is 5.69 Å². The first-order chi connectivity index (χ1) is 14.0. The third-order valence-electron chi connectivity index (χ3n) is 4.85. The molecule has 0 spiro atoms. The van der Waals surface area contributed by atoms with E-state index < -0.39 is 21.5 Å². The number of nitrogens with zero attached hydrogens (tertiary/aromatic N) is 1. The average Bonchev–Trinajstić information content (AvgIpc) is 3.14. The fraction of sp³-hybridized carbons (Fsp3) is 0.174. The lowest BCUT2D eigenvalue weighted by molar-refractivity contribution is -0.116. The highest BCUT2D eigenvalue weighted by atomic mass is 32.2. The van der Waals surface area contributed by atoms with Gasteiger partial charge < -0.3 is 9.64 Å². The van der Waals surface area contributed by atoms with Crippen LogP contribution in [-0.2, 0) is 26.8 Å². The zero-order chi connectivity index (χ0) is 20.3. The maximum atomic E-state index is 12.8. The van der Waals surface area contributed by atoms with Crippen molar-refractivity contribution in [2.45, 2.75) is 12.2 Å². The monoisotopic (exact) mass is 407 g/mol. The highest BCUT2D eigenvalue weighted by Crippen LogP contribution is 2.29. The van der Waals surface area contributed by atoms with Gasteiger partial charge in [-0.15, -0.1) is 0 Å². The molecule has 0 aromatic heterocycles. The summed E-state index contributed by atoms with van der Waals surface area (Å²) in [6.07, 6.45) is 0.746. The number of sulfone groups is 1. The van der Waals surface area contributed by atoms with Crippen LogP contribution in [0, 0.1) is 0 Å². The average molecular weight is 407 g/mol. The van der Waals surface area contributed by atoms with E-state index in [9.17, 15) is 13.2 Å². The Morgan fingerprint density at radius 3 is 2.41 bits per heavy atom. The highest BCUT2D eigenvalue weighted by molar-refractivity contribution is 7.91. The second kappa shape index (κ2) is 8.09. The summed E-state index contributed by atoms with van der Waals surface area (Å²) in [5.41, 5.74) is 2.41. The molecule has 0 fully saturated rings. The maximum Gasteiger partial charge on any atom is 0.242 e. The van der Waals surface area contributed by atoms with Crippen molar-refractivity contribution in [2.24, 2.45) is 0 Å². The number of anilines is 1. The Bertz CT molecular complexity index is 1130. The van der Waals surface area contributed by atoms with Crippen LogP contribution in [0.2, 0.25) is 0 Å². The molecule has 0 saturated heterocycles. The Balaban J connectivity index is 1.49. The van der Waals surface area contributed by atoms with Crippen molar-refractivity contribution in [3.63, 3.8) is 0 Å². The molecule has 1 aliphatic heterocycles. The molecule has 3 aromatic rings. The van der Waals surface area contributed by atoms with Crippen LogP contribution in [0.3, 0.4) is 0 Å². The smallest absolute Gasteiger partial charge is 0.242 e. The Hall–Kier alpha value is -3.12. The van der Waals surface area contributed by atoms with Crippen LogP contribution in [0.25, 0.3) is 0 Å². The Labute approximate surface area is 170 Å². The molecule has 0 radical (unpaired) electrons. The molecule has 1 amide bonds. The zero-order valence-corrected chi connectivity index (χ0v) is 16.6. The number of amides is 1. The van der Waals surface area contributed by atoms with E-state index in [1.54, 1.807) is 41.3 Å². The van der Waals surface area contributed by atoms with Gasteiger partial charge in [-0.05, 0) is 36.2 Å². The number of hydrogen-bond donors (Lipinski definition) is 0. The molecule has 0 unspecified atom stereocenters. The van der Waals surface area contributed by atoms with E-state index in [4.69, 9.17) is 4.74 Å². The molecular formula is C23H21NO4S. The van der Waals surface area contributed by atoms with E-state index in [0.717, 1.165) is 17.7 Å². The molecule has 148 valence electrons. The van der Waals surface area contributed by atoms with E-state index in [-0.39, 0.29) is 5.75 Å². The Kier molecular flexibility index (Phi) is 5.36. The van der Waals surface area contributed by atoms with E-state index in [0.29, 0.717) is 23.6 Å². The van der Waals surface area contributed by atoms with Crippen molar-refractivity contribution in [2.75, 3.05) is 17.2 Å². The van der Waals surface area contributed by atoms with Gasteiger partial charge in [0.25, 0.3) is 0 Å². The number of carbonyl (C=O) groups is 1. The Morgan fingerprint density at radius 2 is 1.59 bits per heavy atom. The fourth-order valence-corrected chi connectivity index (χ4v) is 4.84. The van der Waals surface area contributed by atoms with Crippen LogP contribution in [-0.4, -0.2) is 26.6 Å². The predicted octanol–water partition coefficient (Wildman–Crippen LogP) is 3.98. The molecule has 0 bridgehead atoms. The van der Waals surface area contributed by atoms with Crippen LogP contribution >= 0.6 is 0 Å². The summed E-state index contributed by atoms with van der Waals surface area (Å²) in [5, 5.41) is 0. The summed E-state index contributed by atoms with van der Waals surface area (Å²) >= 11 is 0. The number of rotatable bonds is 6. The number of fused-ring (bicyclic) bond motifs is 1. The minimum Gasteiger partial charge on any atom is -0.457 e. The number of ether oxygens (including phenoxy) is 1. The van der Waals surface area contributed by atoms with Crippen molar-refractivity contribution < 1.29 is 17.9 Å². The summed E-state index contributed by atoms with van der Waals surface area (Å²) < 4.78 is 31.4. The molecular weight excluding hydrogens is 386 g/mol. The SMILES string of the molecule is O=C(CS(=O)(=O)Cc1ccccc1Oc1ccccc1)N1CCc2ccccc21. The second-order valence-electron chi connectivity index (χ2n) is 6.98. The van der Waals surface area contributed by atoms with E-state index in [1.807, 2.05) is 42.5 Å². The van der Waals surface area contributed by atoms with E-state index in [2.05, 4.69) is 0 Å². The molecule has 1 heterocycles. The van der Waals surface area contributed by atoms with Gasteiger partial charge in [-0.1, -0.05) is 54.6 Å². The van der Waals surface area contributed by atoms with Crippen LogP contribution < -0.4 is 9.64 Å². The summed E-state index contributed by atoms with van der Waals surface area (Å²) in [6.45, 7) is 0.515. The zero-order valence-electron chi connectivity index (χ0n) is 15.8. The largest absolute Gasteiger partial charge is 0.457 e. The summed E-state index contributed by atoms with van der Waals surface area (Å²) in [5.74, 6) is -0.0714. The summed E-state index contributed by atoms with van der Waals surface area (Å²) in [4.78, 5) is 14.3. The quantitative estimate of drug-likeness (QED) is 0.620. The van der Waals surface area contributed by atoms with Gasteiger partial charge in [-0.2, -0.15) is 0 Å². The first kappa shape index (κ1) is 19.2. The van der Waals surface area contributed by atoms with Gasteiger partial charge in [0.15, 0.2) is 9.84 Å². The van der Waals surface area contributed by atoms with Crippen molar-refractivity contribution >= 4 is 21.4 Å². The fourth-order valence-electron chi connectivity index (χ4n) is 3.49. The number of hydrogen-bond acceptors (Lipinski definition) is 4. The molecule has 0 aliphatic carbocycles. The van der Waals surface area contributed by atoms with Gasteiger partial charge in [0, 0.05) is 17.8 Å². The minimum absolute atomic E-state index is 0.253. The lowest BCUT2D eigenvalue weighted by atomic mass is 10.2. The molecule has 3 aromatic carbocycles. The molecule has 4 rings (SSSR count). The molecule has 0 saturated carbocycles. The van der Waals surface area contributed by atoms with Gasteiger partial charge in [0.2, 0.25) is 5.91 Å². The van der Waals surface area contributed by atoms with E-state index >= 15 is 0 Å². The molecule has 1 aliphatic rings. The first-order valence-electron chi connectivity index (χ1n) is 9.41. The third kappa shape index (κ3) is 4.49. The minimum atomic E-state index is -3.66. The molecule has 0 atom stereocenters. The van der Waals surface area contributed by atoms with Crippen LogP contribution in [0.15, 0.2) is 78.9 Å². The van der Waals surface area contributed by atoms with Crippen molar-refractivity contribution in [3.8, 4) is 11.5 Å². The molecule has 5 nitrogen and oxygen atoms in total. The molecule has 6 heteroatoms. The van der Waals surface area contributed by atoms with Crippen molar-refractivity contribution in [1.82, 2.24) is 0 Å². The van der Waals surface area contributed by atoms with Crippen molar-refractivity contribution in [3.05, 3.63) is 90.0 Å². The number of benzene rings is 3. The van der Waals surface area contributed by atoms with Gasteiger partial charge in [0.05, 0.1) is 5.75 Å². The van der Waals surface area contributed by atoms with Crippen LogP contribution in [0.5, 0.6) is 11.5 Å².